The van der Waals surface area contributed by atoms with E-state index in [2.05, 4.69) is 46.1 Å². The van der Waals surface area contributed by atoms with Crippen molar-refractivity contribution in [2.75, 3.05) is 6.54 Å². The van der Waals surface area contributed by atoms with Gasteiger partial charge in [-0.2, -0.15) is 0 Å². The fraction of sp³-hybridized carbons (Fsp3) is 0.438. The fourth-order valence-electron chi connectivity index (χ4n) is 2.31. The summed E-state index contributed by atoms with van der Waals surface area (Å²) in [6.45, 7) is 4.25. The summed E-state index contributed by atoms with van der Waals surface area (Å²) >= 11 is 0. The fourth-order valence-corrected chi connectivity index (χ4v) is 2.31. The van der Waals surface area contributed by atoms with E-state index in [4.69, 9.17) is 0 Å². The van der Waals surface area contributed by atoms with E-state index in [1.807, 2.05) is 12.5 Å². The second kappa shape index (κ2) is 5.57. The molecule has 3 heteroatoms. The van der Waals surface area contributed by atoms with E-state index >= 15 is 0 Å². The van der Waals surface area contributed by atoms with Crippen molar-refractivity contribution in [2.24, 2.45) is 0 Å². The maximum absolute atomic E-state index is 4.29. The minimum absolute atomic E-state index is 0.805. The van der Waals surface area contributed by atoms with Crippen LogP contribution < -0.4 is 5.32 Å². The van der Waals surface area contributed by atoms with Crippen LogP contribution in [0.5, 0.6) is 0 Å². The molecule has 0 atom stereocenters. The summed E-state index contributed by atoms with van der Waals surface area (Å²) in [5, 5.41) is 3.55. The molecule has 1 aliphatic carbocycles. The molecule has 0 spiro atoms. The summed E-state index contributed by atoms with van der Waals surface area (Å²) in [5.74, 6) is 0. The molecule has 100 valence electrons. The van der Waals surface area contributed by atoms with Gasteiger partial charge in [0.1, 0.15) is 0 Å². The summed E-state index contributed by atoms with van der Waals surface area (Å²) in [6.07, 6.45) is 7.77. The quantitative estimate of drug-likeness (QED) is 0.804. The molecule has 19 heavy (non-hydrogen) atoms. The maximum atomic E-state index is 4.29. The summed E-state index contributed by atoms with van der Waals surface area (Å²) in [6, 6.07) is 9.46. The third kappa shape index (κ3) is 3.24. The first-order chi connectivity index (χ1) is 9.33. The molecule has 0 unspecified atom stereocenters. The first-order valence-electron chi connectivity index (χ1n) is 7.13. The highest BCUT2D eigenvalue weighted by Gasteiger charge is 2.19. The van der Waals surface area contributed by atoms with Crippen LogP contribution in [-0.2, 0) is 6.54 Å². The molecule has 1 aromatic heterocycles. The molecule has 1 heterocycles. The molecular formula is C16H21N3. The van der Waals surface area contributed by atoms with Gasteiger partial charge in [0.05, 0.1) is 18.2 Å². The first kappa shape index (κ1) is 12.4. The van der Waals surface area contributed by atoms with Crippen LogP contribution in [0.25, 0.3) is 11.3 Å². The number of aromatic nitrogens is 2. The van der Waals surface area contributed by atoms with E-state index in [1.54, 1.807) is 0 Å². The highest BCUT2D eigenvalue weighted by Crippen LogP contribution is 2.20. The van der Waals surface area contributed by atoms with Crippen molar-refractivity contribution < 1.29 is 0 Å². The van der Waals surface area contributed by atoms with E-state index in [0.717, 1.165) is 25.6 Å². The number of imidazole rings is 1. The third-order valence-electron chi connectivity index (χ3n) is 3.65. The van der Waals surface area contributed by atoms with Crippen molar-refractivity contribution in [3.8, 4) is 11.3 Å². The molecule has 0 bridgehead atoms. The molecule has 0 amide bonds. The van der Waals surface area contributed by atoms with Crippen LogP contribution in [0.4, 0.5) is 0 Å². The van der Waals surface area contributed by atoms with Crippen molar-refractivity contribution in [3.63, 3.8) is 0 Å². The lowest BCUT2D eigenvalue weighted by atomic mass is 10.1. The number of rotatable bonds is 6. The lowest BCUT2D eigenvalue weighted by Gasteiger charge is -2.09. The van der Waals surface area contributed by atoms with Gasteiger partial charge in [-0.3, -0.25) is 0 Å². The second-order valence-corrected chi connectivity index (χ2v) is 5.42. The molecular weight excluding hydrogens is 234 g/mol. The van der Waals surface area contributed by atoms with Gasteiger partial charge in [-0.15, -0.1) is 0 Å². The molecule has 1 aliphatic rings. The average Bonchev–Trinajstić information content (AvgIpc) is 3.13. The van der Waals surface area contributed by atoms with Gasteiger partial charge in [0.2, 0.25) is 0 Å². The lowest BCUT2D eigenvalue weighted by Crippen LogP contribution is -2.18. The van der Waals surface area contributed by atoms with Gasteiger partial charge in [-0.05, 0) is 38.3 Å². The second-order valence-electron chi connectivity index (χ2n) is 5.42. The zero-order valence-corrected chi connectivity index (χ0v) is 11.5. The number of hydrogen-bond donors (Lipinski definition) is 1. The SMILES string of the molecule is Cc1ccc(-c2cncn2CCCNC2CC2)cc1. The Morgan fingerprint density at radius 2 is 2.05 bits per heavy atom. The van der Waals surface area contributed by atoms with Crippen LogP contribution in [0.3, 0.4) is 0 Å². The monoisotopic (exact) mass is 255 g/mol. The van der Waals surface area contributed by atoms with Crippen LogP contribution in [0.2, 0.25) is 0 Å². The Labute approximate surface area is 114 Å². The minimum Gasteiger partial charge on any atom is -0.331 e. The Morgan fingerprint density at radius 3 is 2.79 bits per heavy atom. The van der Waals surface area contributed by atoms with Gasteiger partial charge < -0.3 is 9.88 Å². The van der Waals surface area contributed by atoms with Crippen LogP contribution in [0.1, 0.15) is 24.8 Å². The standard InChI is InChI=1S/C16H21N3/c1-13-3-5-14(6-4-13)16-11-17-12-19(16)10-2-9-18-15-7-8-15/h3-6,11-12,15,18H,2,7-10H2,1H3. The van der Waals surface area contributed by atoms with Gasteiger partial charge in [-0.1, -0.05) is 29.8 Å². The van der Waals surface area contributed by atoms with Crippen molar-refractivity contribution in [3.05, 3.63) is 42.4 Å². The van der Waals surface area contributed by atoms with Gasteiger partial charge in [0, 0.05) is 12.6 Å². The maximum Gasteiger partial charge on any atom is 0.0950 e. The Morgan fingerprint density at radius 1 is 1.26 bits per heavy atom. The van der Waals surface area contributed by atoms with Gasteiger partial charge in [0.15, 0.2) is 0 Å². The minimum atomic E-state index is 0.805. The number of nitrogens with one attached hydrogen (secondary N) is 1. The lowest BCUT2D eigenvalue weighted by molar-refractivity contribution is 0.581. The van der Waals surface area contributed by atoms with Crippen molar-refractivity contribution in [1.29, 1.82) is 0 Å². The molecule has 3 rings (SSSR count). The normalized spacial score (nSPS) is 14.8. The van der Waals surface area contributed by atoms with E-state index in [-0.39, 0.29) is 0 Å². The molecule has 1 saturated carbocycles. The molecule has 0 radical (unpaired) electrons. The largest absolute Gasteiger partial charge is 0.331 e. The van der Waals surface area contributed by atoms with Crippen LogP contribution in [0, 0.1) is 6.92 Å². The van der Waals surface area contributed by atoms with Crippen molar-refractivity contribution in [2.45, 2.75) is 38.8 Å². The van der Waals surface area contributed by atoms with Crippen molar-refractivity contribution >= 4 is 0 Å². The highest BCUT2D eigenvalue weighted by molar-refractivity contribution is 5.59. The predicted molar refractivity (Wildman–Crippen MR) is 78.0 cm³/mol. The average molecular weight is 255 g/mol. The predicted octanol–water partition coefficient (Wildman–Crippen LogP) is 3.00. The van der Waals surface area contributed by atoms with Crippen LogP contribution in [0.15, 0.2) is 36.8 Å². The molecule has 1 N–H and O–H groups in total. The third-order valence-corrected chi connectivity index (χ3v) is 3.65. The molecule has 0 saturated heterocycles. The van der Waals surface area contributed by atoms with Crippen LogP contribution in [-0.4, -0.2) is 22.1 Å². The molecule has 3 nitrogen and oxygen atoms in total. The van der Waals surface area contributed by atoms with Crippen LogP contribution >= 0.6 is 0 Å². The number of hydrogen-bond acceptors (Lipinski definition) is 2. The van der Waals surface area contributed by atoms with Gasteiger partial charge in [-0.25, -0.2) is 4.98 Å². The summed E-state index contributed by atoms with van der Waals surface area (Å²) in [4.78, 5) is 4.29. The molecule has 1 aromatic carbocycles. The molecule has 2 aromatic rings. The first-order valence-corrected chi connectivity index (χ1v) is 7.13. The van der Waals surface area contributed by atoms with Gasteiger partial charge in [0.25, 0.3) is 0 Å². The Bertz CT molecular complexity index is 523. The smallest absolute Gasteiger partial charge is 0.0950 e. The Balaban J connectivity index is 1.62. The zero-order chi connectivity index (χ0) is 13.1. The number of nitrogens with zero attached hydrogens (tertiary/aromatic N) is 2. The van der Waals surface area contributed by atoms with Gasteiger partial charge >= 0.3 is 0 Å². The Hall–Kier alpha value is -1.61. The summed E-state index contributed by atoms with van der Waals surface area (Å²) in [7, 11) is 0. The van der Waals surface area contributed by atoms with Crippen molar-refractivity contribution in [1.82, 2.24) is 14.9 Å². The zero-order valence-electron chi connectivity index (χ0n) is 11.5. The van der Waals surface area contributed by atoms with E-state index in [0.29, 0.717) is 0 Å². The number of aryl methyl sites for hydroxylation is 2. The summed E-state index contributed by atoms with van der Waals surface area (Å²) in [5.41, 5.74) is 3.76. The molecule has 1 fully saturated rings. The van der Waals surface area contributed by atoms with E-state index < -0.39 is 0 Å². The summed E-state index contributed by atoms with van der Waals surface area (Å²) < 4.78 is 2.25. The Kier molecular flexibility index (Phi) is 3.65. The van der Waals surface area contributed by atoms with E-state index in [1.165, 1.54) is 29.7 Å². The molecule has 0 aliphatic heterocycles. The van der Waals surface area contributed by atoms with E-state index in [9.17, 15) is 0 Å². The topological polar surface area (TPSA) is 29.9 Å². The number of benzene rings is 1. The highest BCUT2D eigenvalue weighted by atomic mass is 15.0.